The van der Waals surface area contributed by atoms with Gasteiger partial charge in [0.15, 0.2) is 5.71 Å². The van der Waals surface area contributed by atoms with Gasteiger partial charge in [-0.15, -0.1) is 0 Å². The van der Waals surface area contributed by atoms with Crippen LogP contribution in [0.1, 0.15) is 15.9 Å². The van der Waals surface area contributed by atoms with Gasteiger partial charge in [0.1, 0.15) is 11.0 Å². The van der Waals surface area contributed by atoms with Crippen LogP contribution in [0.2, 0.25) is 0 Å². The molecule has 0 radical (unpaired) electrons. The summed E-state index contributed by atoms with van der Waals surface area (Å²) in [6.07, 6.45) is 0. The number of carbonyl (C=O) groups is 1. The molecule has 0 unspecified atom stereocenters. The van der Waals surface area contributed by atoms with E-state index in [1.807, 2.05) is 0 Å². The second-order valence-electron chi connectivity index (χ2n) is 4.24. The fourth-order valence-electron chi connectivity index (χ4n) is 1.62. The molecule has 2 aromatic carbocycles. The molecule has 6 nitrogen and oxygen atoms in total. The summed E-state index contributed by atoms with van der Waals surface area (Å²) < 4.78 is 28.6. The Morgan fingerprint density at radius 3 is 2.17 bits per heavy atom. The smallest absolute Gasteiger partial charge is 0.276 e. The first-order valence-corrected chi connectivity index (χ1v) is 8.00. The third kappa shape index (κ3) is 4.16. The molecule has 0 N–H and O–H groups in total. The lowest BCUT2D eigenvalue weighted by atomic mass is 10.1. The lowest BCUT2D eigenvalue weighted by Crippen LogP contribution is -2.06. The highest BCUT2D eigenvalue weighted by Crippen LogP contribution is 2.15. The van der Waals surface area contributed by atoms with Gasteiger partial charge in [-0.1, -0.05) is 35.5 Å². The molecule has 0 atom stereocenters. The molecule has 0 saturated heterocycles. The van der Waals surface area contributed by atoms with E-state index in [-0.39, 0.29) is 16.2 Å². The zero-order valence-corrected chi connectivity index (χ0v) is 13.1. The number of nitriles is 1. The minimum absolute atomic E-state index is 0.149. The molecule has 2 rings (SSSR count). The lowest BCUT2D eigenvalue weighted by molar-refractivity contribution is 0.108. The Balaban J connectivity index is 2.25. The zero-order chi connectivity index (χ0) is 16.9. The SMILES string of the molecule is N#C/C(=N\OS(=O)(=O)c1ccc(C(=O)Cl)cc1)c1ccccc1. The lowest BCUT2D eigenvalue weighted by Gasteiger charge is -2.03. The van der Waals surface area contributed by atoms with Gasteiger partial charge in [0, 0.05) is 11.1 Å². The summed E-state index contributed by atoms with van der Waals surface area (Å²) in [4.78, 5) is 10.7. The molecule has 0 spiro atoms. The maximum Gasteiger partial charge on any atom is 0.358 e. The van der Waals surface area contributed by atoms with Crippen LogP contribution in [0.25, 0.3) is 0 Å². The van der Waals surface area contributed by atoms with E-state index >= 15 is 0 Å². The minimum Gasteiger partial charge on any atom is -0.276 e. The van der Waals surface area contributed by atoms with Crippen LogP contribution in [0, 0.1) is 11.3 Å². The van der Waals surface area contributed by atoms with Gasteiger partial charge in [-0.05, 0) is 35.9 Å². The topological polar surface area (TPSA) is 96.6 Å². The Hall–Kier alpha value is -2.69. The number of rotatable bonds is 5. The maximum atomic E-state index is 12.0. The van der Waals surface area contributed by atoms with Crippen molar-refractivity contribution >= 4 is 32.7 Å². The van der Waals surface area contributed by atoms with Gasteiger partial charge in [-0.3, -0.25) is 9.08 Å². The quantitative estimate of drug-likeness (QED) is 0.470. The average Bonchev–Trinajstić information content (AvgIpc) is 2.56. The molecule has 0 heterocycles. The van der Waals surface area contributed by atoms with Gasteiger partial charge in [-0.2, -0.15) is 13.7 Å². The molecule has 0 aliphatic carbocycles. The highest BCUT2D eigenvalue weighted by atomic mass is 35.5. The summed E-state index contributed by atoms with van der Waals surface area (Å²) in [7, 11) is -4.21. The first kappa shape index (κ1) is 16.7. The van der Waals surface area contributed by atoms with Crippen molar-refractivity contribution in [1.82, 2.24) is 0 Å². The van der Waals surface area contributed by atoms with E-state index in [1.54, 1.807) is 36.4 Å². The van der Waals surface area contributed by atoms with E-state index in [4.69, 9.17) is 16.9 Å². The Labute approximate surface area is 137 Å². The molecule has 0 amide bonds. The minimum atomic E-state index is -4.21. The largest absolute Gasteiger partial charge is 0.358 e. The van der Waals surface area contributed by atoms with Gasteiger partial charge in [0.05, 0.1) is 0 Å². The van der Waals surface area contributed by atoms with E-state index in [2.05, 4.69) is 9.44 Å². The number of benzene rings is 2. The zero-order valence-electron chi connectivity index (χ0n) is 11.5. The van der Waals surface area contributed by atoms with Crippen molar-refractivity contribution in [1.29, 1.82) is 5.26 Å². The molecule has 23 heavy (non-hydrogen) atoms. The van der Waals surface area contributed by atoms with Crippen molar-refractivity contribution in [3.63, 3.8) is 0 Å². The van der Waals surface area contributed by atoms with Crippen LogP contribution < -0.4 is 0 Å². The Bertz CT molecular complexity index is 885. The van der Waals surface area contributed by atoms with Crippen molar-refractivity contribution in [2.75, 3.05) is 0 Å². The van der Waals surface area contributed by atoms with Crippen molar-refractivity contribution in [2.24, 2.45) is 5.16 Å². The Morgan fingerprint density at radius 1 is 1.04 bits per heavy atom. The van der Waals surface area contributed by atoms with Gasteiger partial charge >= 0.3 is 10.1 Å². The van der Waals surface area contributed by atoms with Crippen LogP contribution >= 0.6 is 11.6 Å². The van der Waals surface area contributed by atoms with Gasteiger partial charge in [-0.25, -0.2) is 0 Å². The third-order valence-corrected chi connectivity index (χ3v) is 4.09. The highest BCUT2D eigenvalue weighted by Gasteiger charge is 2.17. The predicted octanol–water partition coefficient (Wildman–Crippen LogP) is 2.70. The van der Waals surface area contributed by atoms with E-state index < -0.39 is 15.4 Å². The monoisotopic (exact) mass is 348 g/mol. The van der Waals surface area contributed by atoms with Crippen LogP contribution in [0.5, 0.6) is 0 Å². The summed E-state index contributed by atoms with van der Waals surface area (Å²) in [5, 5.41) is 11.7. The van der Waals surface area contributed by atoms with E-state index in [0.717, 1.165) is 12.1 Å². The first-order valence-electron chi connectivity index (χ1n) is 6.21. The summed E-state index contributed by atoms with van der Waals surface area (Å²) in [5.74, 6) is 0. The third-order valence-electron chi connectivity index (χ3n) is 2.75. The molecule has 0 bridgehead atoms. The molecular weight excluding hydrogens is 340 g/mol. The summed E-state index contributed by atoms with van der Waals surface area (Å²) in [6, 6.07) is 14.9. The number of carbonyl (C=O) groups excluding carboxylic acids is 1. The molecule has 8 heteroatoms. The summed E-state index contributed by atoms with van der Waals surface area (Å²) >= 11 is 5.28. The highest BCUT2D eigenvalue weighted by molar-refractivity contribution is 7.86. The van der Waals surface area contributed by atoms with Crippen molar-refractivity contribution in [3.8, 4) is 6.07 Å². The van der Waals surface area contributed by atoms with E-state index in [9.17, 15) is 13.2 Å². The van der Waals surface area contributed by atoms with Crippen LogP contribution in [-0.4, -0.2) is 19.4 Å². The average molecular weight is 349 g/mol. The number of nitrogens with zero attached hydrogens (tertiary/aromatic N) is 2. The maximum absolute atomic E-state index is 12.0. The fraction of sp³-hybridized carbons (Fsp3) is 0. The molecule has 0 saturated carbocycles. The summed E-state index contributed by atoms with van der Waals surface area (Å²) in [6.45, 7) is 0. The van der Waals surface area contributed by atoms with Gasteiger partial charge in [0.2, 0.25) is 0 Å². The van der Waals surface area contributed by atoms with Crippen LogP contribution in [0.15, 0.2) is 64.6 Å². The number of halogens is 1. The van der Waals surface area contributed by atoms with Crippen LogP contribution in [-0.2, 0) is 14.4 Å². The fourth-order valence-corrected chi connectivity index (χ4v) is 2.47. The van der Waals surface area contributed by atoms with E-state index in [0.29, 0.717) is 5.56 Å². The molecule has 0 fully saturated rings. The predicted molar refractivity (Wildman–Crippen MR) is 83.5 cm³/mol. The Kier molecular flexibility index (Phi) is 5.11. The normalized spacial score (nSPS) is 11.6. The van der Waals surface area contributed by atoms with Crippen molar-refractivity contribution < 1.29 is 17.5 Å². The molecule has 116 valence electrons. The van der Waals surface area contributed by atoms with Crippen molar-refractivity contribution in [3.05, 3.63) is 65.7 Å². The van der Waals surface area contributed by atoms with Crippen LogP contribution in [0.4, 0.5) is 0 Å². The number of hydrogen-bond acceptors (Lipinski definition) is 6. The molecule has 0 aliphatic rings. The second kappa shape index (κ2) is 7.05. The molecule has 0 aliphatic heterocycles. The first-order chi connectivity index (χ1) is 10.9. The van der Waals surface area contributed by atoms with Gasteiger partial charge < -0.3 is 0 Å². The van der Waals surface area contributed by atoms with Crippen molar-refractivity contribution in [2.45, 2.75) is 4.90 Å². The van der Waals surface area contributed by atoms with Gasteiger partial charge in [0.25, 0.3) is 5.24 Å². The van der Waals surface area contributed by atoms with Crippen LogP contribution in [0.3, 0.4) is 0 Å². The summed E-state index contributed by atoms with van der Waals surface area (Å²) in [5.41, 5.74) is 0.395. The number of oxime groups is 1. The second-order valence-corrected chi connectivity index (χ2v) is 6.12. The molecule has 2 aromatic rings. The van der Waals surface area contributed by atoms with E-state index in [1.165, 1.54) is 12.1 Å². The number of hydrogen-bond donors (Lipinski definition) is 0. The molecular formula is C15H9ClN2O4S. The standard InChI is InChI=1S/C15H9ClN2O4S/c16-15(19)12-6-8-13(9-7-12)23(20,21)22-18-14(10-17)11-4-2-1-3-5-11/h1-9H/b18-14+. The Morgan fingerprint density at radius 2 is 1.65 bits per heavy atom. The molecule has 0 aromatic heterocycles.